The minimum Gasteiger partial charge on any atom is -0.494 e. The molecular weight excluding hydrogens is 572 g/mol. The fourth-order valence-corrected chi connectivity index (χ4v) is 3.74. The van der Waals surface area contributed by atoms with Crippen molar-refractivity contribution in [3.8, 4) is 11.5 Å². The van der Waals surface area contributed by atoms with E-state index in [-0.39, 0.29) is 11.3 Å². The highest BCUT2D eigenvalue weighted by Crippen LogP contribution is 2.19. The van der Waals surface area contributed by atoms with Crippen molar-refractivity contribution in [2.24, 2.45) is 5.10 Å². The van der Waals surface area contributed by atoms with Crippen LogP contribution in [0.3, 0.4) is 0 Å². The molecule has 0 saturated heterocycles. The van der Waals surface area contributed by atoms with Gasteiger partial charge in [-0.3, -0.25) is 14.4 Å². The number of rotatable bonds is 10. The molecule has 43 heavy (non-hydrogen) atoms. The van der Waals surface area contributed by atoms with E-state index >= 15 is 0 Å². The lowest BCUT2D eigenvalue weighted by molar-refractivity contribution is -0.136. The maximum Gasteiger partial charge on any atom is 0.343 e. The van der Waals surface area contributed by atoms with E-state index in [0.29, 0.717) is 39.9 Å². The molecule has 218 valence electrons. The monoisotopic (exact) mass is 598 g/mol. The molecule has 0 bridgehead atoms. The van der Waals surface area contributed by atoms with Crippen molar-refractivity contribution in [1.82, 2.24) is 5.43 Å². The first-order valence-corrected chi connectivity index (χ1v) is 13.6. The largest absolute Gasteiger partial charge is 0.494 e. The van der Waals surface area contributed by atoms with Gasteiger partial charge in [-0.25, -0.2) is 10.2 Å². The summed E-state index contributed by atoms with van der Waals surface area (Å²) in [5, 5.41) is 9.45. The predicted octanol–water partition coefficient (Wildman–Crippen LogP) is 5.69. The van der Waals surface area contributed by atoms with Crippen LogP contribution < -0.4 is 25.5 Å². The fraction of sp³-hybridized carbons (Fsp3) is 0.0938. The van der Waals surface area contributed by atoms with Crippen LogP contribution in [0.25, 0.3) is 0 Å². The fourth-order valence-electron chi connectivity index (χ4n) is 3.61. The van der Waals surface area contributed by atoms with E-state index in [1.165, 1.54) is 18.3 Å². The topological polar surface area (TPSA) is 135 Å². The molecule has 10 nitrogen and oxygen atoms in total. The standard InChI is InChI=1S/C32H27ClN4O6/c1-2-19-42-25-17-9-22(10-18-25)32(41)43-26-15-7-21(8-16-26)20-34-37-31(40)30(39)36-28-6-4-3-5-27(28)29(38)35-24-13-11-23(33)12-14-24/h3-18,20H,2,19H2,1H3,(H,35,38)(H,36,39)(H,37,40)/b34-20+. The average molecular weight is 599 g/mol. The highest BCUT2D eigenvalue weighted by molar-refractivity contribution is 6.40. The van der Waals surface area contributed by atoms with Gasteiger partial charge >= 0.3 is 17.8 Å². The Bertz CT molecular complexity index is 1620. The van der Waals surface area contributed by atoms with E-state index in [4.69, 9.17) is 21.1 Å². The highest BCUT2D eigenvalue weighted by Gasteiger charge is 2.18. The van der Waals surface area contributed by atoms with Gasteiger partial charge < -0.3 is 20.1 Å². The van der Waals surface area contributed by atoms with E-state index in [1.54, 1.807) is 84.9 Å². The van der Waals surface area contributed by atoms with Gasteiger partial charge in [0.25, 0.3) is 5.91 Å². The van der Waals surface area contributed by atoms with Gasteiger partial charge in [0.2, 0.25) is 0 Å². The molecule has 4 aromatic rings. The lowest BCUT2D eigenvalue weighted by atomic mass is 10.1. The molecule has 0 atom stereocenters. The molecule has 0 unspecified atom stereocenters. The lowest BCUT2D eigenvalue weighted by Crippen LogP contribution is -2.33. The zero-order valence-electron chi connectivity index (χ0n) is 23.0. The van der Waals surface area contributed by atoms with Crippen molar-refractivity contribution in [3.05, 3.63) is 119 Å². The summed E-state index contributed by atoms with van der Waals surface area (Å²) in [6, 6.07) is 25.8. The second-order valence-electron chi connectivity index (χ2n) is 8.99. The molecule has 0 saturated carbocycles. The van der Waals surface area contributed by atoms with Gasteiger partial charge in [-0.15, -0.1) is 0 Å². The van der Waals surface area contributed by atoms with E-state index in [0.717, 1.165) is 6.42 Å². The third-order valence-electron chi connectivity index (χ3n) is 5.76. The number of carbonyl (C=O) groups excluding carboxylic acids is 4. The number of esters is 1. The number of halogens is 1. The molecule has 0 fully saturated rings. The van der Waals surface area contributed by atoms with Gasteiger partial charge in [-0.1, -0.05) is 30.7 Å². The zero-order chi connectivity index (χ0) is 30.6. The molecule has 0 aliphatic heterocycles. The van der Waals surface area contributed by atoms with E-state index < -0.39 is 23.7 Å². The van der Waals surface area contributed by atoms with E-state index in [9.17, 15) is 19.2 Å². The molecule has 4 rings (SSSR count). The predicted molar refractivity (Wildman–Crippen MR) is 164 cm³/mol. The lowest BCUT2D eigenvalue weighted by Gasteiger charge is -2.11. The van der Waals surface area contributed by atoms with Gasteiger partial charge in [0, 0.05) is 10.7 Å². The van der Waals surface area contributed by atoms with Crippen molar-refractivity contribution in [3.63, 3.8) is 0 Å². The van der Waals surface area contributed by atoms with E-state index in [1.807, 2.05) is 6.92 Å². The van der Waals surface area contributed by atoms with Gasteiger partial charge in [-0.05, 0) is 96.9 Å². The third kappa shape index (κ3) is 9.00. The molecular formula is C32H27ClN4O6. The number of hydrogen-bond acceptors (Lipinski definition) is 7. The summed E-state index contributed by atoms with van der Waals surface area (Å²) in [6.45, 7) is 2.60. The Balaban J connectivity index is 1.28. The van der Waals surface area contributed by atoms with Crippen LogP contribution in [-0.4, -0.2) is 36.5 Å². The maximum atomic E-state index is 12.7. The van der Waals surface area contributed by atoms with Crippen molar-refractivity contribution in [2.45, 2.75) is 13.3 Å². The number of anilines is 2. The molecule has 0 aliphatic carbocycles. The molecule has 3 amide bonds. The molecule has 0 spiro atoms. The van der Waals surface area contributed by atoms with Crippen LogP contribution in [0.5, 0.6) is 11.5 Å². The zero-order valence-corrected chi connectivity index (χ0v) is 23.8. The summed E-state index contributed by atoms with van der Waals surface area (Å²) in [4.78, 5) is 49.9. The van der Waals surface area contributed by atoms with Crippen LogP contribution in [0, 0.1) is 0 Å². The summed E-state index contributed by atoms with van der Waals surface area (Å²) in [6.07, 6.45) is 2.20. The van der Waals surface area contributed by atoms with Crippen molar-refractivity contribution < 1.29 is 28.7 Å². The number of benzene rings is 4. The van der Waals surface area contributed by atoms with Gasteiger partial charge in [0.15, 0.2) is 0 Å². The van der Waals surface area contributed by atoms with Crippen LogP contribution >= 0.6 is 11.6 Å². The molecule has 0 aliphatic rings. The number of amides is 3. The van der Waals surface area contributed by atoms with Crippen molar-refractivity contribution in [2.75, 3.05) is 17.2 Å². The number of nitrogens with zero attached hydrogens (tertiary/aromatic N) is 1. The molecule has 0 aromatic heterocycles. The van der Waals surface area contributed by atoms with Crippen molar-refractivity contribution >= 4 is 52.9 Å². The van der Waals surface area contributed by atoms with Crippen LogP contribution in [0.1, 0.15) is 39.6 Å². The Morgan fingerprint density at radius 2 is 1.47 bits per heavy atom. The van der Waals surface area contributed by atoms with Gasteiger partial charge in [-0.2, -0.15) is 5.10 Å². The minimum atomic E-state index is -1.04. The second-order valence-corrected chi connectivity index (χ2v) is 9.43. The van der Waals surface area contributed by atoms with E-state index in [2.05, 4.69) is 21.2 Å². The van der Waals surface area contributed by atoms with Crippen LogP contribution in [0.4, 0.5) is 11.4 Å². The Morgan fingerprint density at radius 1 is 0.791 bits per heavy atom. The Kier molecular flexibility index (Phi) is 10.6. The summed E-state index contributed by atoms with van der Waals surface area (Å²) in [7, 11) is 0. The smallest absolute Gasteiger partial charge is 0.343 e. The first-order chi connectivity index (χ1) is 20.8. The Hall–Kier alpha value is -5.48. The molecule has 4 aromatic carbocycles. The summed E-state index contributed by atoms with van der Waals surface area (Å²) in [5.41, 5.74) is 3.89. The average Bonchev–Trinajstić information content (AvgIpc) is 3.02. The maximum absolute atomic E-state index is 12.7. The first-order valence-electron chi connectivity index (χ1n) is 13.2. The molecule has 11 heteroatoms. The summed E-state index contributed by atoms with van der Waals surface area (Å²) in [5.74, 6) is -2.08. The SMILES string of the molecule is CCCOc1ccc(C(=O)Oc2ccc(/C=N/NC(=O)C(=O)Nc3ccccc3C(=O)Nc3ccc(Cl)cc3)cc2)cc1. The minimum absolute atomic E-state index is 0.143. The Morgan fingerprint density at radius 3 is 2.16 bits per heavy atom. The number of ether oxygens (including phenoxy) is 2. The number of hydrazone groups is 1. The molecule has 0 heterocycles. The number of nitrogens with one attached hydrogen (secondary N) is 3. The Labute approximate surface area is 252 Å². The quantitative estimate of drug-likeness (QED) is 0.0706. The summed E-state index contributed by atoms with van der Waals surface area (Å²) >= 11 is 5.88. The summed E-state index contributed by atoms with van der Waals surface area (Å²) < 4.78 is 10.9. The molecule has 3 N–H and O–H groups in total. The van der Waals surface area contributed by atoms with Gasteiger partial charge in [0.05, 0.1) is 29.6 Å². The van der Waals surface area contributed by atoms with Gasteiger partial charge in [0.1, 0.15) is 11.5 Å². The van der Waals surface area contributed by atoms with Crippen LogP contribution in [0.15, 0.2) is 102 Å². The number of carbonyl (C=O) groups is 4. The second kappa shape index (κ2) is 14.9. The van der Waals surface area contributed by atoms with Crippen LogP contribution in [-0.2, 0) is 9.59 Å². The number of para-hydroxylation sites is 1. The van der Waals surface area contributed by atoms with Crippen LogP contribution in [0.2, 0.25) is 5.02 Å². The van der Waals surface area contributed by atoms with Crippen molar-refractivity contribution in [1.29, 1.82) is 0 Å². The molecule has 0 radical (unpaired) electrons. The third-order valence-corrected chi connectivity index (χ3v) is 6.01. The highest BCUT2D eigenvalue weighted by atomic mass is 35.5. The normalized spacial score (nSPS) is 10.6. The first kappa shape index (κ1) is 30.5. The number of hydrogen-bond donors (Lipinski definition) is 3.